The largest absolute Gasteiger partial charge is 0.416 e. The highest BCUT2D eigenvalue weighted by molar-refractivity contribution is 5.28. The van der Waals surface area contributed by atoms with E-state index in [1.165, 1.54) is 48.3 Å². The summed E-state index contributed by atoms with van der Waals surface area (Å²) in [5.74, 6) is 0.208. The number of benzene rings is 1. The van der Waals surface area contributed by atoms with Gasteiger partial charge in [-0.15, -0.1) is 0 Å². The third kappa shape index (κ3) is 6.32. The SMILES string of the molecule is CC[C@H](CCCCCCc1ccc2c(n1)CCCC2)c1cccc(C(F)(F)F)c1. The van der Waals surface area contributed by atoms with Gasteiger partial charge in [0.05, 0.1) is 5.56 Å². The van der Waals surface area contributed by atoms with Crippen LogP contribution in [0.15, 0.2) is 36.4 Å². The molecule has 1 aromatic carbocycles. The first-order chi connectivity index (χ1) is 14.0. The molecular weight excluding hydrogens is 371 g/mol. The lowest BCUT2D eigenvalue weighted by Crippen LogP contribution is -2.07. The number of pyridine rings is 1. The van der Waals surface area contributed by atoms with Crippen molar-refractivity contribution in [1.29, 1.82) is 0 Å². The van der Waals surface area contributed by atoms with Crippen molar-refractivity contribution in [3.05, 3.63) is 64.5 Å². The molecule has 0 unspecified atom stereocenters. The van der Waals surface area contributed by atoms with E-state index in [2.05, 4.69) is 19.1 Å². The Morgan fingerprint density at radius 3 is 2.55 bits per heavy atom. The summed E-state index contributed by atoms with van der Waals surface area (Å²) in [5.41, 5.74) is 4.23. The number of hydrogen-bond acceptors (Lipinski definition) is 1. The molecule has 1 aromatic heterocycles. The molecule has 1 nitrogen and oxygen atoms in total. The molecule has 2 aromatic rings. The second-order valence-electron chi connectivity index (χ2n) is 8.30. The normalized spacial score (nSPS) is 15.2. The maximum absolute atomic E-state index is 13.0. The Hall–Kier alpha value is -1.84. The van der Waals surface area contributed by atoms with Crippen molar-refractivity contribution in [2.24, 2.45) is 0 Å². The maximum Gasteiger partial charge on any atom is 0.416 e. The summed E-state index contributed by atoms with van der Waals surface area (Å²) in [5, 5.41) is 0. The number of hydrogen-bond donors (Lipinski definition) is 0. The molecule has 0 saturated heterocycles. The number of nitrogens with zero attached hydrogens (tertiary/aromatic N) is 1. The van der Waals surface area contributed by atoms with Crippen molar-refractivity contribution in [2.45, 2.75) is 89.6 Å². The lowest BCUT2D eigenvalue weighted by molar-refractivity contribution is -0.137. The van der Waals surface area contributed by atoms with Crippen molar-refractivity contribution in [1.82, 2.24) is 4.98 Å². The van der Waals surface area contributed by atoms with Crippen LogP contribution in [0.5, 0.6) is 0 Å². The highest BCUT2D eigenvalue weighted by atomic mass is 19.4. The predicted molar refractivity (Wildman–Crippen MR) is 112 cm³/mol. The summed E-state index contributed by atoms with van der Waals surface area (Å²) >= 11 is 0. The molecule has 0 N–H and O–H groups in total. The highest BCUT2D eigenvalue weighted by Gasteiger charge is 2.30. The van der Waals surface area contributed by atoms with E-state index in [0.717, 1.165) is 63.0 Å². The van der Waals surface area contributed by atoms with Crippen LogP contribution in [0, 0.1) is 0 Å². The summed E-state index contributed by atoms with van der Waals surface area (Å²) in [6, 6.07) is 10.3. The van der Waals surface area contributed by atoms with Gasteiger partial charge in [-0.25, -0.2) is 0 Å². The van der Waals surface area contributed by atoms with Crippen LogP contribution < -0.4 is 0 Å². The monoisotopic (exact) mass is 403 g/mol. The van der Waals surface area contributed by atoms with Crippen LogP contribution in [0.25, 0.3) is 0 Å². The summed E-state index contributed by atoms with van der Waals surface area (Å²) in [7, 11) is 0. The molecule has 0 radical (unpaired) electrons. The molecular formula is C25H32F3N. The molecule has 158 valence electrons. The van der Waals surface area contributed by atoms with E-state index in [1.54, 1.807) is 0 Å². The Morgan fingerprint density at radius 2 is 1.76 bits per heavy atom. The molecule has 1 heterocycles. The highest BCUT2D eigenvalue weighted by Crippen LogP contribution is 2.33. The van der Waals surface area contributed by atoms with Crippen molar-refractivity contribution in [3.8, 4) is 0 Å². The van der Waals surface area contributed by atoms with E-state index < -0.39 is 11.7 Å². The van der Waals surface area contributed by atoms with Gasteiger partial charge in [-0.2, -0.15) is 13.2 Å². The molecule has 1 aliphatic carbocycles. The van der Waals surface area contributed by atoms with Gasteiger partial charge in [-0.05, 0) is 80.5 Å². The number of alkyl halides is 3. The number of fused-ring (bicyclic) bond motifs is 1. The number of aromatic nitrogens is 1. The molecule has 1 aliphatic rings. The molecule has 0 amide bonds. The molecule has 0 spiro atoms. The number of halogens is 3. The zero-order valence-corrected chi connectivity index (χ0v) is 17.4. The van der Waals surface area contributed by atoms with Gasteiger partial charge in [0, 0.05) is 11.4 Å². The third-order valence-electron chi connectivity index (χ3n) is 6.15. The molecule has 3 rings (SSSR count). The van der Waals surface area contributed by atoms with Crippen LogP contribution in [0.3, 0.4) is 0 Å². The third-order valence-corrected chi connectivity index (χ3v) is 6.15. The van der Waals surface area contributed by atoms with E-state index >= 15 is 0 Å². The number of unbranched alkanes of at least 4 members (excludes halogenated alkanes) is 3. The minimum atomic E-state index is -4.26. The molecule has 29 heavy (non-hydrogen) atoms. The van der Waals surface area contributed by atoms with E-state index in [9.17, 15) is 13.2 Å². The Kier molecular flexibility index (Phi) is 7.74. The maximum atomic E-state index is 13.0. The van der Waals surface area contributed by atoms with Crippen molar-refractivity contribution < 1.29 is 13.2 Å². The number of aryl methyl sites for hydroxylation is 3. The van der Waals surface area contributed by atoms with E-state index in [0.29, 0.717) is 0 Å². The molecule has 0 bridgehead atoms. The van der Waals surface area contributed by atoms with Crippen LogP contribution in [0.4, 0.5) is 13.2 Å². The van der Waals surface area contributed by atoms with Gasteiger partial charge in [0.1, 0.15) is 0 Å². The minimum absolute atomic E-state index is 0.208. The van der Waals surface area contributed by atoms with Gasteiger partial charge >= 0.3 is 6.18 Å². The number of rotatable bonds is 9. The van der Waals surface area contributed by atoms with Gasteiger partial charge < -0.3 is 0 Å². The average molecular weight is 404 g/mol. The summed E-state index contributed by atoms with van der Waals surface area (Å²) < 4.78 is 38.9. The second-order valence-corrected chi connectivity index (χ2v) is 8.30. The van der Waals surface area contributed by atoms with E-state index in [4.69, 9.17) is 4.98 Å². The van der Waals surface area contributed by atoms with Gasteiger partial charge in [0.15, 0.2) is 0 Å². The van der Waals surface area contributed by atoms with Gasteiger partial charge in [0.25, 0.3) is 0 Å². The summed E-state index contributed by atoms with van der Waals surface area (Å²) in [6.45, 7) is 2.06. The molecule has 0 fully saturated rings. The van der Waals surface area contributed by atoms with E-state index in [1.807, 2.05) is 6.07 Å². The fourth-order valence-corrected chi connectivity index (χ4v) is 4.39. The summed E-state index contributed by atoms with van der Waals surface area (Å²) in [6.07, 6.45) is 7.90. The van der Waals surface area contributed by atoms with Crippen molar-refractivity contribution in [3.63, 3.8) is 0 Å². The first-order valence-electron chi connectivity index (χ1n) is 11.1. The lowest BCUT2D eigenvalue weighted by atomic mass is 9.89. The Bertz CT molecular complexity index is 782. The Balaban J connectivity index is 1.40. The molecule has 0 aliphatic heterocycles. The zero-order valence-electron chi connectivity index (χ0n) is 17.4. The van der Waals surface area contributed by atoms with Crippen LogP contribution in [0.1, 0.15) is 92.3 Å². The molecule has 0 saturated carbocycles. The lowest BCUT2D eigenvalue weighted by Gasteiger charge is -2.17. The quantitative estimate of drug-likeness (QED) is 0.392. The average Bonchev–Trinajstić information content (AvgIpc) is 2.72. The topological polar surface area (TPSA) is 12.9 Å². The van der Waals surface area contributed by atoms with Gasteiger partial charge in [0.2, 0.25) is 0 Å². The smallest absolute Gasteiger partial charge is 0.258 e. The fraction of sp³-hybridized carbons (Fsp3) is 0.560. The van der Waals surface area contributed by atoms with Crippen LogP contribution in [-0.4, -0.2) is 4.98 Å². The van der Waals surface area contributed by atoms with Gasteiger partial charge in [-0.3, -0.25) is 4.98 Å². The van der Waals surface area contributed by atoms with Crippen molar-refractivity contribution in [2.75, 3.05) is 0 Å². The Labute approximate surface area is 172 Å². The second kappa shape index (κ2) is 10.3. The van der Waals surface area contributed by atoms with Crippen LogP contribution in [-0.2, 0) is 25.4 Å². The first-order valence-corrected chi connectivity index (χ1v) is 11.1. The van der Waals surface area contributed by atoms with E-state index in [-0.39, 0.29) is 5.92 Å². The molecule has 4 heteroatoms. The zero-order chi connectivity index (χ0) is 20.7. The predicted octanol–water partition coefficient (Wildman–Crippen LogP) is 7.67. The standard InChI is InChI=1S/C25H32F3N/c1-2-19(21-12-9-13-22(18-21)25(26,27)28)10-5-3-4-6-14-23-17-16-20-11-7-8-15-24(20)29-23/h9,12-13,16-19H,2-8,10-11,14-15H2,1H3/t19-/m1/s1. The van der Waals surface area contributed by atoms with Crippen LogP contribution >= 0.6 is 0 Å². The van der Waals surface area contributed by atoms with Gasteiger partial charge in [-0.1, -0.05) is 50.5 Å². The minimum Gasteiger partial charge on any atom is -0.258 e. The van der Waals surface area contributed by atoms with Crippen molar-refractivity contribution >= 4 is 0 Å². The van der Waals surface area contributed by atoms with Crippen LogP contribution in [0.2, 0.25) is 0 Å². The summed E-state index contributed by atoms with van der Waals surface area (Å²) in [4.78, 5) is 4.85. The Morgan fingerprint density at radius 1 is 0.966 bits per heavy atom. The molecule has 1 atom stereocenters. The fourth-order valence-electron chi connectivity index (χ4n) is 4.39. The first kappa shape index (κ1) is 21.9.